The highest BCUT2D eigenvalue weighted by molar-refractivity contribution is 5.96. The van der Waals surface area contributed by atoms with Crippen molar-refractivity contribution in [2.45, 2.75) is 19.9 Å². The SMILES string of the molecule is CCNC(=O)c1cc2c(=O)n3ccccc3nc2n(CCCN2CCOCC2)c1=N. The maximum absolute atomic E-state index is 13.1. The van der Waals surface area contributed by atoms with Crippen molar-refractivity contribution in [3.63, 3.8) is 0 Å². The number of amides is 1. The Morgan fingerprint density at radius 3 is 2.83 bits per heavy atom. The first-order chi connectivity index (χ1) is 14.6. The van der Waals surface area contributed by atoms with Crippen LogP contribution in [0.1, 0.15) is 23.7 Å². The van der Waals surface area contributed by atoms with E-state index < -0.39 is 0 Å². The van der Waals surface area contributed by atoms with E-state index in [1.165, 1.54) is 10.5 Å². The molecular weight excluding hydrogens is 384 g/mol. The quantitative estimate of drug-likeness (QED) is 0.579. The Morgan fingerprint density at radius 1 is 1.27 bits per heavy atom. The van der Waals surface area contributed by atoms with Gasteiger partial charge in [0.25, 0.3) is 11.5 Å². The Balaban J connectivity index is 1.80. The van der Waals surface area contributed by atoms with Crippen molar-refractivity contribution in [1.29, 1.82) is 5.41 Å². The van der Waals surface area contributed by atoms with Crippen molar-refractivity contribution in [3.05, 3.63) is 51.9 Å². The van der Waals surface area contributed by atoms with Crippen LogP contribution in [0.15, 0.2) is 35.3 Å². The van der Waals surface area contributed by atoms with E-state index >= 15 is 0 Å². The molecule has 4 rings (SSSR count). The first-order valence-corrected chi connectivity index (χ1v) is 10.3. The largest absolute Gasteiger partial charge is 0.379 e. The Labute approximate surface area is 173 Å². The van der Waals surface area contributed by atoms with Crippen LogP contribution in [0, 0.1) is 5.41 Å². The van der Waals surface area contributed by atoms with Crippen LogP contribution in [0.3, 0.4) is 0 Å². The van der Waals surface area contributed by atoms with Gasteiger partial charge in [-0.1, -0.05) is 6.07 Å². The molecule has 0 unspecified atom stereocenters. The van der Waals surface area contributed by atoms with Crippen LogP contribution in [0.5, 0.6) is 0 Å². The number of morpholine rings is 1. The summed E-state index contributed by atoms with van der Waals surface area (Å²) in [6.45, 7) is 6.87. The predicted octanol–water partition coefficient (Wildman–Crippen LogP) is 0.601. The van der Waals surface area contributed by atoms with Gasteiger partial charge in [-0.25, -0.2) is 4.98 Å². The van der Waals surface area contributed by atoms with E-state index in [1.54, 1.807) is 22.9 Å². The number of carbonyl (C=O) groups is 1. The van der Waals surface area contributed by atoms with Crippen molar-refractivity contribution >= 4 is 22.6 Å². The number of aryl methyl sites for hydroxylation is 1. The second kappa shape index (κ2) is 8.76. The van der Waals surface area contributed by atoms with E-state index in [2.05, 4.69) is 15.2 Å². The molecule has 1 amide bonds. The number of nitrogens with zero attached hydrogens (tertiary/aromatic N) is 4. The third-order valence-corrected chi connectivity index (χ3v) is 5.36. The normalized spacial score (nSPS) is 15.0. The summed E-state index contributed by atoms with van der Waals surface area (Å²) in [5.41, 5.74) is 0.963. The maximum Gasteiger partial charge on any atom is 0.267 e. The Morgan fingerprint density at radius 2 is 2.07 bits per heavy atom. The van der Waals surface area contributed by atoms with Gasteiger partial charge in [0.15, 0.2) is 0 Å². The summed E-state index contributed by atoms with van der Waals surface area (Å²) in [6, 6.07) is 6.85. The van der Waals surface area contributed by atoms with Gasteiger partial charge in [-0.15, -0.1) is 0 Å². The minimum Gasteiger partial charge on any atom is -0.379 e. The van der Waals surface area contributed by atoms with Crippen molar-refractivity contribution in [2.75, 3.05) is 39.4 Å². The number of rotatable bonds is 6. The average molecular weight is 410 g/mol. The lowest BCUT2D eigenvalue weighted by Crippen LogP contribution is -2.38. The minimum absolute atomic E-state index is 0.0719. The fraction of sp³-hybridized carbons (Fsp3) is 0.429. The minimum atomic E-state index is -0.358. The average Bonchev–Trinajstić information content (AvgIpc) is 2.76. The van der Waals surface area contributed by atoms with E-state index in [-0.39, 0.29) is 22.5 Å². The van der Waals surface area contributed by atoms with Crippen LogP contribution in [0.2, 0.25) is 0 Å². The second-order valence-electron chi connectivity index (χ2n) is 7.31. The van der Waals surface area contributed by atoms with E-state index in [1.807, 2.05) is 13.0 Å². The molecule has 1 aliphatic heterocycles. The summed E-state index contributed by atoms with van der Waals surface area (Å²) < 4.78 is 8.54. The number of hydrogen-bond donors (Lipinski definition) is 2. The summed E-state index contributed by atoms with van der Waals surface area (Å²) >= 11 is 0. The standard InChI is InChI=1S/C21H26N6O3/c1-2-23-20(28)15-14-16-19(24-17-6-3-4-8-26(17)21(16)29)27(18(15)22)9-5-7-25-10-12-30-13-11-25/h3-4,6,8,14,22H,2,5,7,9-13H2,1H3,(H,23,28). The second-order valence-corrected chi connectivity index (χ2v) is 7.31. The lowest BCUT2D eigenvalue weighted by Gasteiger charge is -2.26. The van der Waals surface area contributed by atoms with Gasteiger partial charge in [-0.3, -0.25) is 24.3 Å². The fourth-order valence-corrected chi connectivity index (χ4v) is 3.81. The zero-order chi connectivity index (χ0) is 21.1. The summed E-state index contributed by atoms with van der Waals surface area (Å²) in [7, 11) is 0. The molecular formula is C21H26N6O3. The number of aromatic nitrogens is 3. The molecule has 0 aliphatic carbocycles. The lowest BCUT2D eigenvalue weighted by molar-refractivity contribution is 0.0369. The molecule has 4 heterocycles. The van der Waals surface area contributed by atoms with Crippen LogP contribution in [0.4, 0.5) is 0 Å². The van der Waals surface area contributed by atoms with Gasteiger partial charge in [0.05, 0.1) is 24.2 Å². The van der Waals surface area contributed by atoms with Gasteiger partial charge in [0.2, 0.25) is 0 Å². The Bertz CT molecular complexity index is 1190. The van der Waals surface area contributed by atoms with Crippen LogP contribution in [0.25, 0.3) is 16.7 Å². The predicted molar refractivity (Wildman–Crippen MR) is 113 cm³/mol. The van der Waals surface area contributed by atoms with E-state index in [9.17, 15) is 9.59 Å². The molecule has 0 saturated carbocycles. The number of nitrogens with one attached hydrogen (secondary N) is 2. The van der Waals surface area contributed by atoms with Crippen molar-refractivity contribution in [1.82, 2.24) is 24.2 Å². The van der Waals surface area contributed by atoms with Gasteiger partial charge in [-0.05, 0) is 31.5 Å². The molecule has 0 bridgehead atoms. The third-order valence-electron chi connectivity index (χ3n) is 5.36. The fourth-order valence-electron chi connectivity index (χ4n) is 3.81. The zero-order valence-electron chi connectivity index (χ0n) is 17.1. The first kappa shape index (κ1) is 20.2. The molecule has 3 aromatic heterocycles. The summed E-state index contributed by atoms with van der Waals surface area (Å²) in [5.74, 6) is -0.358. The summed E-state index contributed by atoms with van der Waals surface area (Å²) in [5, 5.41) is 11.7. The highest BCUT2D eigenvalue weighted by atomic mass is 16.5. The molecule has 2 N–H and O–H groups in total. The van der Waals surface area contributed by atoms with Gasteiger partial charge >= 0.3 is 0 Å². The number of carbonyl (C=O) groups excluding carboxylic acids is 1. The molecule has 158 valence electrons. The van der Waals surface area contributed by atoms with Gasteiger partial charge in [-0.2, -0.15) is 0 Å². The topological polar surface area (TPSA) is 105 Å². The first-order valence-electron chi connectivity index (χ1n) is 10.3. The van der Waals surface area contributed by atoms with E-state index in [0.717, 1.165) is 39.3 Å². The number of fused-ring (bicyclic) bond motifs is 2. The van der Waals surface area contributed by atoms with Gasteiger partial charge in [0.1, 0.15) is 16.8 Å². The van der Waals surface area contributed by atoms with E-state index in [0.29, 0.717) is 29.8 Å². The Kier molecular flexibility index (Phi) is 5.91. The molecule has 1 fully saturated rings. The molecule has 0 aromatic carbocycles. The number of pyridine rings is 2. The molecule has 0 atom stereocenters. The maximum atomic E-state index is 13.1. The van der Waals surface area contributed by atoms with Crippen molar-refractivity contribution in [3.8, 4) is 0 Å². The van der Waals surface area contributed by atoms with Crippen LogP contribution in [-0.4, -0.2) is 64.2 Å². The van der Waals surface area contributed by atoms with Gasteiger partial charge in [0, 0.05) is 38.9 Å². The van der Waals surface area contributed by atoms with Crippen LogP contribution in [-0.2, 0) is 11.3 Å². The highest BCUT2D eigenvalue weighted by Gasteiger charge is 2.17. The van der Waals surface area contributed by atoms with Crippen LogP contribution < -0.4 is 16.4 Å². The molecule has 9 nitrogen and oxygen atoms in total. The molecule has 3 aromatic rings. The zero-order valence-corrected chi connectivity index (χ0v) is 17.1. The molecule has 1 saturated heterocycles. The molecule has 9 heteroatoms. The Hall–Kier alpha value is -3.04. The van der Waals surface area contributed by atoms with Gasteiger partial charge < -0.3 is 14.6 Å². The smallest absolute Gasteiger partial charge is 0.267 e. The lowest BCUT2D eigenvalue weighted by atomic mass is 10.2. The molecule has 0 radical (unpaired) electrons. The third kappa shape index (κ3) is 3.86. The van der Waals surface area contributed by atoms with Crippen molar-refractivity contribution in [2.24, 2.45) is 0 Å². The van der Waals surface area contributed by atoms with Crippen molar-refractivity contribution < 1.29 is 9.53 Å². The van der Waals surface area contributed by atoms with E-state index in [4.69, 9.17) is 10.1 Å². The number of ether oxygens (including phenoxy) is 1. The molecule has 1 aliphatic rings. The monoisotopic (exact) mass is 410 g/mol. The number of hydrogen-bond acceptors (Lipinski definition) is 6. The summed E-state index contributed by atoms with van der Waals surface area (Å²) in [4.78, 5) is 32.6. The van der Waals surface area contributed by atoms with Crippen LogP contribution >= 0.6 is 0 Å². The summed E-state index contributed by atoms with van der Waals surface area (Å²) in [6.07, 6.45) is 2.44. The molecule has 30 heavy (non-hydrogen) atoms. The molecule has 0 spiro atoms. The highest BCUT2D eigenvalue weighted by Crippen LogP contribution is 2.11.